The number of aliphatic hydroxyl groups excluding tert-OH is 8. The molecule has 2 aliphatic heterocycles. The summed E-state index contributed by atoms with van der Waals surface area (Å²) in [6.07, 6.45) is -16.7. The fraction of sp³-hybridized carbons (Fsp3) is 0.545. The molecule has 19 nitrogen and oxygen atoms in total. The van der Waals surface area contributed by atoms with Crippen molar-refractivity contribution in [2.45, 2.75) is 93.1 Å². The molecule has 0 radical (unpaired) electrons. The molecule has 9 N–H and O–H groups in total. The van der Waals surface area contributed by atoms with Crippen LogP contribution in [0.25, 0.3) is 0 Å². The van der Waals surface area contributed by atoms with E-state index in [0.29, 0.717) is 11.1 Å². The van der Waals surface area contributed by atoms with Gasteiger partial charge >= 0.3 is 17.9 Å². The molecule has 0 aliphatic carbocycles. The Bertz CT molecular complexity index is 1370. The molecule has 2 aromatic rings. The van der Waals surface area contributed by atoms with Crippen LogP contribution in [0, 0.1) is 0 Å². The van der Waals surface area contributed by atoms with Gasteiger partial charge in [0.1, 0.15) is 73.5 Å². The molecule has 2 heterocycles. The number of carbonyl (C=O) groups excluding carboxylic acids is 3. The van der Waals surface area contributed by atoms with Crippen LogP contribution in [0.1, 0.15) is 24.0 Å². The van der Waals surface area contributed by atoms with Crippen LogP contribution in [0.4, 0.5) is 0 Å². The summed E-state index contributed by atoms with van der Waals surface area (Å²) in [4.78, 5) is 37.6. The summed E-state index contributed by atoms with van der Waals surface area (Å²) in [6, 6.07) is 11.6. The van der Waals surface area contributed by atoms with Gasteiger partial charge in [-0.15, -0.1) is 0 Å². The molecule has 2 aromatic carbocycles. The minimum Gasteiger partial charge on any atom is -0.467 e. The molecule has 0 spiro atoms. The molecule has 0 aromatic heterocycles. The molecule has 52 heavy (non-hydrogen) atoms. The van der Waals surface area contributed by atoms with Crippen molar-refractivity contribution in [2.24, 2.45) is 0 Å². The van der Waals surface area contributed by atoms with Gasteiger partial charge in [-0.05, 0) is 35.4 Å². The van der Waals surface area contributed by atoms with Gasteiger partial charge in [-0.3, -0.25) is 9.59 Å². The predicted octanol–water partition coefficient (Wildman–Crippen LogP) is -3.49. The van der Waals surface area contributed by atoms with Crippen LogP contribution < -0.4 is 9.47 Å². The third-order valence-electron chi connectivity index (χ3n) is 8.29. The van der Waals surface area contributed by atoms with Gasteiger partial charge < -0.3 is 79.1 Å². The van der Waals surface area contributed by atoms with Gasteiger partial charge in [-0.1, -0.05) is 24.3 Å². The highest BCUT2D eigenvalue weighted by molar-refractivity contribution is 5.90. The van der Waals surface area contributed by atoms with Crippen molar-refractivity contribution in [2.75, 3.05) is 20.3 Å². The second kappa shape index (κ2) is 18.2. The first-order valence-corrected chi connectivity index (χ1v) is 15.9. The van der Waals surface area contributed by atoms with E-state index in [2.05, 4.69) is 4.74 Å². The Morgan fingerprint density at radius 2 is 0.981 bits per heavy atom. The van der Waals surface area contributed by atoms with Gasteiger partial charge in [-0.25, -0.2) is 4.79 Å². The largest absolute Gasteiger partial charge is 0.467 e. The standard InChI is InChI=1S/C33H42O19/c1-46-32(44)33(45,10-22(36)47-14-16-2-6-18(7-3-16)49-30-28(42)26(40)24(38)20(12-34)51-30)11-23(37)48-15-17-4-8-19(9-5-17)50-31-29(43)27(41)25(39)21(13-35)52-31/h2-9,20-21,24-31,34-35,38-43,45H,10-15H2,1H3/t20-,21-,24-,25-,26+,27+,28-,29-,30-,31-/m1/s1. The number of esters is 3. The molecule has 288 valence electrons. The third-order valence-corrected chi connectivity index (χ3v) is 8.29. The fourth-order valence-electron chi connectivity index (χ4n) is 5.23. The molecule has 4 rings (SSSR count). The van der Waals surface area contributed by atoms with Crippen LogP contribution in [-0.2, 0) is 51.3 Å². The van der Waals surface area contributed by atoms with Crippen LogP contribution in [0.2, 0.25) is 0 Å². The zero-order valence-corrected chi connectivity index (χ0v) is 27.7. The van der Waals surface area contributed by atoms with E-state index in [4.69, 9.17) is 28.4 Å². The van der Waals surface area contributed by atoms with Crippen molar-refractivity contribution in [1.82, 2.24) is 0 Å². The summed E-state index contributed by atoms with van der Waals surface area (Å²) in [5.74, 6) is -3.08. The number of hydrogen-bond acceptors (Lipinski definition) is 19. The Balaban J connectivity index is 1.25. The highest BCUT2D eigenvalue weighted by Gasteiger charge is 2.46. The number of ether oxygens (including phenoxy) is 7. The monoisotopic (exact) mass is 742 g/mol. The zero-order valence-electron chi connectivity index (χ0n) is 27.7. The normalized spacial score (nSPS) is 29.1. The summed E-state index contributed by atoms with van der Waals surface area (Å²) in [7, 11) is 0.950. The highest BCUT2D eigenvalue weighted by atomic mass is 16.7. The first-order valence-electron chi connectivity index (χ1n) is 15.9. The van der Waals surface area contributed by atoms with Crippen LogP contribution >= 0.6 is 0 Å². The van der Waals surface area contributed by atoms with Gasteiger partial charge in [0.15, 0.2) is 5.60 Å². The maximum absolute atomic E-state index is 12.6. The Morgan fingerprint density at radius 1 is 0.615 bits per heavy atom. The van der Waals surface area contributed by atoms with E-state index in [9.17, 15) is 60.3 Å². The first kappa shape index (κ1) is 40.8. The zero-order chi connectivity index (χ0) is 38.2. The molecule has 0 bridgehead atoms. The molecule has 0 amide bonds. The molecular formula is C33H42O19. The molecule has 2 fully saturated rings. The van der Waals surface area contributed by atoms with Crippen LogP contribution in [0.5, 0.6) is 11.5 Å². The minimum absolute atomic E-state index is 0.162. The average Bonchev–Trinajstić information content (AvgIpc) is 3.14. The van der Waals surface area contributed by atoms with E-state index in [1.54, 1.807) is 0 Å². The van der Waals surface area contributed by atoms with Gasteiger partial charge in [0.05, 0.1) is 33.2 Å². The molecule has 2 saturated heterocycles. The van der Waals surface area contributed by atoms with Crippen LogP contribution in [-0.4, -0.2) is 151 Å². The number of rotatable bonds is 15. The van der Waals surface area contributed by atoms with Crippen LogP contribution in [0.3, 0.4) is 0 Å². The molecular weight excluding hydrogens is 700 g/mol. The second-order valence-electron chi connectivity index (χ2n) is 12.1. The Morgan fingerprint density at radius 3 is 1.31 bits per heavy atom. The van der Waals surface area contributed by atoms with Gasteiger partial charge in [0.2, 0.25) is 12.6 Å². The van der Waals surface area contributed by atoms with Gasteiger partial charge in [0, 0.05) is 0 Å². The average molecular weight is 743 g/mol. The topological polar surface area (TPSA) is 298 Å². The van der Waals surface area contributed by atoms with Crippen molar-refractivity contribution in [3.63, 3.8) is 0 Å². The van der Waals surface area contributed by atoms with E-state index >= 15 is 0 Å². The number of aliphatic hydroxyl groups is 9. The Kier molecular flexibility index (Phi) is 14.2. The molecule has 0 unspecified atom stereocenters. The van der Waals surface area contributed by atoms with E-state index in [-0.39, 0.29) is 24.7 Å². The second-order valence-corrected chi connectivity index (χ2v) is 12.1. The summed E-state index contributed by atoms with van der Waals surface area (Å²) in [5.41, 5.74) is -1.77. The van der Waals surface area contributed by atoms with Crippen molar-refractivity contribution < 1.29 is 93.5 Å². The van der Waals surface area contributed by atoms with Gasteiger partial charge in [-0.2, -0.15) is 0 Å². The minimum atomic E-state index is -2.63. The predicted molar refractivity (Wildman–Crippen MR) is 167 cm³/mol. The number of methoxy groups -OCH3 is 1. The molecule has 0 saturated carbocycles. The summed E-state index contributed by atoms with van der Waals surface area (Å²) in [6.45, 7) is -1.91. The number of benzene rings is 2. The molecule has 19 heteroatoms. The summed E-state index contributed by atoms with van der Waals surface area (Å²) in [5, 5.41) is 89.5. The van der Waals surface area contributed by atoms with Crippen molar-refractivity contribution in [1.29, 1.82) is 0 Å². The molecule has 2 aliphatic rings. The van der Waals surface area contributed by atoms with E-state index in [1.165, 1.54) is 48.5 Å². The SMILES string of the molecule is COC(=O)C(O)(CC(=O)OCc1ccc(O[C@@H]2O[C@H](CO)[C@@H](O)[C@H](O)[C@H]2O)cc1)CC(=O)OCc1ccc(O[C@@H]2O[C@H](CO)[C@@H](O)[C@H](O)[C@H]2O)cc1. The van der Waals surface area contributed by atoms with Crippen molar-refractivity contribution in [3.05, 3.63) is 59.7 Å². The highest BCUT2D eigenvalue weighted by Crippen LogP contribution is 2.27. The molecule has 10 atom stereocenters. The Hall–Kier alpha value is -3.99. The van der Waals surface area contributed by atoms with E-state index in [1.807, 2.05) is 0 Å². The number of carbonyl (C=O) groups is 3. The maximum atomic E-state index is 12.6. The summed E-state index contributed by atoms with van der Waals surface area (Å²) >= 11 is 0. The lowest BCUT2D eigenvalue weighted by Crippen LogP contribution is -2.60. The van der Waals surface area contributed by atoms with Crippen molar-refractivity contribution in [3.8, 4) is 11.5 Å². The number of hydrogen-bond donors (Lipinski definition) is 9. The lowest BCUT2D eigenvalue weighted by molar-refractivity contribution is -0.277. The van der Waals surface area contributed by atoms with E-state index < -0.39 is 111 Å². The fourth-order valence-corrected chi connectivity index (χ4v) is 5.23. The third kappa shape index (κ3) is 10.1. The van der Waals surface area contributed by atoms with Gasteiger partial charge in [0.25, 0.3) is 0 Å². The quantitative estimate of drug-likeness (QED) is 0.0632. The first-order chi connectivity index (χ1) is 24.7. The lowest BCUT2D eigenvalue weighted by Gasteiger charge is -2.39. The lowest BCUT2D eigenvalue weighted by atomic mass is 9.95. The smallest absolute Gasteiger partial charge is 0.339 e. The Labute approximate surface area is 296 Å². The van der Waals surface area contributed by atoms with Crippen molar-refractivity contribution >= 4 is 17.9 Å². The maximum Gasteiger partial charge on any atom is 0.339 e. The van der Waals surface area contributed by atoms with E-state index in [0.717, 1.165) is 7.11 Å². The summed E-state index contributed by atoms with van der Waals surface area (Å²) < 4.78 is 36.5. The van der Waals surface area contributed by atoms with Crippen LogP contribution in [0.15, 0.2) is 48.5 Å².